The van der Waals surface area contributed by atoms with Crippen LogP contribution in [0, 0.1) is 6.92 Å². The summed E-state index contributed by atoms with van der Waals surface area (Å²) < 4.78 is 16.6. The molecule has 8 nitrogen and oxygen atoms in total. The molecule has 0 saturated heterocycles. The van der Waals surface area contributed by atoms with Crippen LogP contribution in [0.1, 0.15) is 28.8 Å². The number of methoxy groups -OCH3 is 1. The molecular formula is C28H31N3O5. The normalized spacial score (nSPS) is 12.4. The van der Waals surface area contributed by atoms with Gasteiger partial charge < -0.3 is 24.4 Å². The highest BCUT2D eigenvalue weighted by Gasteiger charge is 2.24. The average Bonchev–Trinajstić information content (AvgIpc) is 2.91. The Balaban J connectivity index is 1.30. The molecule has 2 aromatic carbocycles. The van der Waals surface area contributed by atoms with Gasteiger partial charge in [0.15, 0.2) is 18.1 Å². The van der Waals surface area contributed by atoms with Crippen molar-refractivity contribution in [3.63, 3.8) is 0 Å². The number of aryl methyl sites for hydroxylation is 1. The molecule has 1 aliphatic rings. The molecule has 0 unspecified atom stereocenters. The first-order valence-corrected chi connectivity index (χ1v) is 12.0. The molecule has 4 rings (SSSR count). The predicted molar refractivity (Wildman–Crippen MR) is 135 cm³/mol. The van der Waals surface area contributed by atoms with Gasteiger partial charge >= 0.3 is 0 Å². The van der Waals surface area contributed by atoms with Gasteiger partial charge in [-0.05, 0) is 54.3 Å². The molecule has 2 amide bonds. The maximum Gasteiger partial charge on any atom is 0.260 e. The molecule has 0 aliphatic carbocycles. The summed E-state index contributed by atoms with van der Waals surface area (Å²) in [5, 5.41) is 2.99. The summed E-state index contributed by atoms with van der Waals surface area (Å²) in [5.74, 6) is 1.70. The largest absolute Gasteiger partial charge is 0.493 e. The van der Waals surface area contributed by atoms with Gasteiger partial charge in [0, 0.05) is 31.5 Å². The molecule has 36 heavy (non-hydrogen) atoms. The predicted octanol–water partition coefficient (Wildman–Crippen LogP) is 3.45. The summed E-state index contributed by atoms with van der Waals surface area (Å²) >= 11 is 0. The lowest BCUT2D eigenvalue weighted by Gasteiger charge is -2.30. The van der Waals surface area contributed by atoms with Crippen molar-refractivity contribution in [2.45, 2.75) is 32.9 Å². The Labute approximate surface area is 211 Å². The van der Waals surface area contributed by atoms with E-state index in [1.54, 1.807) is 24.1 Å². The highest BCUT2D eigenvalue weighted by molar-refractivity contribution is 5.78. The van der Waals surface area contributed by atoms with E-state index in [9.17, 15) is 9.59 Å². The molecular weight excluding hydrogens is 458 g/mol. The molecule has 188 valence electrons. The number of fused-ring (bicyclic) bond motifs is 1. The van der Waals surface area contributed by atoms with Gasteiger partial charge in [0.05, 0.1) is 20.1 Å². The Kier molecular flexibility index (Phi) is 8.39. The van der Waals surface area contributed by atoms with Crippen molar-refractivity contribution in [3.8, 4) is 17.2 Å². The quantitative estimate of drug-likeness (QED) is 0.469. The minimum atomic E-state index is -0.0969. The molecule has 0 spiro atoms. The number of aromatic nitrogens is 1. The lowest BCUT2D eigenvalue weighted by atomic mass is 9.95. The Hall–Kier alpha value is -4.07. The average molecular weight is 490 g/mol. The van der Waals surface area contributed by atoms with Crippen molar-refractivity contribution in [2.75, 3.05) is 26.9 Å². The molecule has 1 aromatic heterocycles. The highest BCUT2D eigenvalue weighted by atomic mass is 16.5. The van der Waals surface area contributed by atoms with Crippen molar-refractivity contribution in [3.05, 3.63) is 83.2 Å². The van der Waals surface area contributed by atoms with Crippen LogP contribution in [0.3, 0.4) is 0 Å². The summed E-state index contributed by atoms with van der Waals surface area (Å²) in [4.78, 5) is 31.5. The summed E-state index contributed by atoms with van der Waals surface area (Å²) in [5.41, 5.74) is 4.04. The third kappa shape index (κ3) is 6.33. The van der Waals surface area contributed by atoms with Crippen LogP contribution in [-0.2, 0) is 29.1 Å². The van der Waals surface area contributed by atoms with E-state index in [1.807, 2.05) is 55.6 Å². The van der Waals surface area contributed by atoms with Gasteiger partial charge in [-0.2, -0.15) is 0 Å². The molecule has 1 N–H and O–H groups in total. The van der Waals surface area contributed by atoms with E-state index >= 15 is 0 Å². The number of nitrogens with zero attached hydrogens (tertiary/aromatic N) is 2. The molecule has 1 aliphatic heterocycles. The Morgan fingerprint density at radius 2 is 1.78 bits per heavy atom. The molecule has 8 heteroatoms. The number of hydrogen-bond acceptors (Lipinski definition) is 6. The number of pyridine rings is 1. The number of para-hydroxylation sites is 3. The van der Waals surface area contributed by atoms with Crippen molar-refractivity contribution < 1.29 is 23.8 Å². The standard InChI is InChI=1S/C28H31N3O5/c1-20-24(17-30-27(32)13-15-35-22-8-4-3-5-9-22)23-12-14-31(18-21(23)16-29-20)28(33)19-36-26-11-7-6-10-25(26)34-2/h3-11,16H,12-15,17-19H2,1-2H3,(H,30,32). The molecule has 0 atom stereocenters. The third-order valence-electron chi connectivity index (χ3n) is 6.17. The second kappa shape index (κ2) is 12.1. The van der Waals surface area contributed by atoms with Gasteiger partial charge in [-0.25, -0.2) is 0 Å². The monoisotopic (exact) mass is 489 g/mol. The van der Waals surface area contributed by atoms with E-state index in [0.717, 1.165) is 28.1 Å². The fourth-order valence-corrected chi connectivity index (χ4v) is 4.19. The number of ether oxygens (including phenoxy) is 3. The fraction of sp³-hybridized carbons (Fsp3) is 0.321. The minimum absolute atomic E-state index is 0.0665. The first-order chi connectivity index (χ1) is 17.5. The van der Waals surface area contributed by atoms with E-state index in [1.165, 1.54) is 0 Å². The van der Waals surface area contributed by atoms with Crippen LogP contribution >= 0.6 is 0 Å². The Bertz CT molecular complexity index is 1200. The zero-order valence-corrected chi connectivity index (χ0v) is 20.7. The fourth-order valence-electron chi connectivity index (χ4n) is 4.19. The Morgan fingerprint density at radius 3 is 2.56 bits per heavy atom. The van der Waals surface area contributed by atoms with Crippen molar-refractivity contribution in [2.24, 2.45) is 0 Å². The second-order valence-electron chi connectivity index (χ2n) is 8.52. The van der Waals surface area contributed by atoms with Crippen LogP contribution in [0.2, 0.25) is 0 Å². The van der Waals surface area contributed by atoms with Crippen molar-refractivity contribution in [1.82, 2.24) is 15.2 Å². The first-order valence-electron chi connectivity index (χ1n) is 12.0. The van der Waals surface area contributed by atoms with Gasteiger partial charge in [0.1, 0.15) is 5.75 Å². The molecule has 0 bridgehead atoms. The lowest BCUT2D eigenvalue weighted by molar-refractivity contribution is -0.134. The van der Waals surface area contributed by atoms with Gasteiger partial charge in [0.25, 0.3) is 5.91 Å². The van der Waals surface area contributed by atoms with E-state index in [-0.39, 0.29) is 24.8 Å². The zero-order chi connectivity index (χ0) is 25.3. The molecule has 2 heterocycles. The maximum atomic E-state index is 12.8. The van der Waals surface area contributed by atoms with Crippen LogP contribution < -0.4 is 19.5 Å². The van der Waals surface area contributed by atoms with Crippen molar-refractivity contribution in [1.29, 1.82) is 0 Å². The third-order valence-corrected chi connectivity index (χ3v) is 6.17. The smallest absolute Gasteiger partial charge is 0.260 e. The van der Waals surface area contributed by atoms with Crippen LogP contribution in [0.5, 0.6) is 17.2 Å². The van der Waals surface area contributed by atoms with Gasteiger partial charge in [-0.3, -0.25) is 14.6 Å². The molecule has 0 fully saturated rings. The number of carbonyl (C=O) groups is 2. The van der Waals surface area contributed by atoms with Crippen LogP contribution in [0.4, 0.5) is 0 Å². The Morgan fingerprint density at radius 1 is 1.03 bits per heavy atom. The van der Waals surface area contributed by atoms with Crippen LogP contribution in [0.15, 0.2) is 60.8 Å². The van der Waals surface area contributed by atoms with E-state index in [0.29, 0.717) is 44.2 Å². The number of hydrogen-bond donors (Lipinski definition) is 1. The highest BCUT2D eigenvalue weighted by Crippen LogP contribution is 2.27. The zero-order valence-electron chi connectivity index (χ0n) is 20.7. The van der Waals surface area contributed by atoms with Crippen LogP contribution in [0.25, 0.3) is 0 Å². The minimum Gasteiger partial charge on any atom is -0.493 e. The summed E-state index contributed by atoms with van der Waals surface area (Å²) in [6.07, 6.45) is 2.79. The molecule has 3 aromatic rings. The van der Waals surface area contributed by atoms with Gasteiger partial charge in [-0.1, -0.05) is 30.3 Å². The van der Waals surface area contributed by atoms with E-state index < -0.39 is 0 Å². The van der Waals surface area contributed by atoms with Gasteiger partial charge in [-0.15, -0.1) is 0 Å². The van der Waals surface area contributed by atoms with E-state index in [2.05, 4.69) is 10.3 Å². The lowest BCUT2D eigenvalue weighted by Crippen LogP contribution is -2.39. The van der Waals surface area contributed by atoms with Crippen molar-refractivity contribution >= 4 is 11.8 Å². The number of rotatable bonds is 10. The number of nitrogens with one attached hydrogen (secondary N) is 1. The number of benzene rings is 2. The second-order valence-corrected chi connectivity index (χ2v) is 8.52. The maximum absolute atomic E-state index is 12.8. The molecule has 0 radical (unpaired) electrons. The van der Waals surface area contributed by atoms with Crippen LogP contribution in [-0.4, -0.2) is 48.6 Å². The summed E-state index contributed by atoms with van der Waals surface area (Å²) in [6.45, 7) is 3.63. The van der Waals surface area contributed by atoms with E-state index in [4.69, 9.17) is 14.2 Å². The number of carbonyl (C=O) groups excluding carboxylic acids is 2. The topological polar surface area (TPSA) is 90.0 Å². The molecule has 0 saturated carbocycles. The SMILES string of the molecule is COc1ccccc1OCC(=O)N1CCc2c(cnc(C)c2CNC(=O)CCOc2ccccc2)C1. The summed E-state index contributed by atoms with van der Waals surface area (Å²) in [6, 6.07) is 16.7. The summed E-state index contributed by atoms with van der Waals surface area (Å²) in [7, 11) is 1.57. The van der Waals surface area contributed by atoms with Gasteiger partial charge in [0.2, 0.25) is 5.91 Å². The number of amides is 2. The first kappa shape index (κ1) is 25.0.